The molecule has 1 saturated heterocycles. The van der Waals surface area contributed by atoms with Crippen molar-refractivity contribution in [2.24, 2.45) is 0 Å². The molecule has 0 unspecified atom stereocenters. The van der Waals surface area contributed by atoms with E-state index in [1.807, 2.05) is 6.07 Å². The lowest BCUT2D eigenvalue weighted by molar-refractivity contribution is 0.0298. The average molecular weight is 276 g/mol. The summed E-state index contributed by atoms with van der Waals surface area (Å²) in [4.78, 5) is 0. The highest BCUT2D eigenvalue weighted by Gasteiger charge is 2.35. The Kier molecular flexibility index (Phi) is 3.83. The topological polar surface area (TPSA) is 30.5 Å². The normalized spacial score (nSPS) is 25.8. The highest BCUT2D eigenvalue weighted by molar-refractivity contribution is 6.33. The molecule has 1 aromatic rings. The number of hydrogen-bond donors (Lipinski definition) is 1. The molecule has 0 aliphatic carbocycles. The number of fused-ring (bicyclic) bond motifs is 3. The Labute approximate surface area is 112 Å². The molecule has 94 valence electrons. The predicted molar refractivity (Wildman–Crippen MR) is 69.4 cm³/mol. The molecule has 2 aliphatic rings. The van der Waals surface area contributed by atoms with E-state index in [1.165, 1.54) is 5.56 Å². The maximum absolute atomic E-state index is 6.29. The van der Waals surface area contributed by atoms with Crippen LogP contribution in [-0.2, 0) is 11.3 Å². The second kappa shape index (κ2) is 5.02. The largest absolute Gasteiger partial charge is 0.495 e. The van der Waals surface area contributed by atoms with E-state index in [0.29, 0.717) is 23.7 Å². The van der Waals surface area contributed by atoms with E-state index in [4.69, 9.17) is 21.1 Å². The SMILES string of the molecule is COc1ccc2c(c1Cl)CO[C@H]1CNC[C@@H]21.Cl. The molecule has 1 aromatic carbocycles. The van der Waals surface area contributed by atoms with Gasteiger partial charge in [0.1, 0.15) is 5.75 Å². The van der Waals surface area contributed by atoms with Gasteiger partial charge < -0.3 is 14.8 Å². The standard InChI is InChI=1S/C12H14ClNO2.ClH/c1-15-10-3-2-7-8-4-14-5-11(8)16-6-9(7)12(10)13;/h2-3,8,11,14H,4-6H2,1H3;1H/t8-,11-;/m0./s1. The number of nitrogens with one attached hydrogen (secondary N) is 1. The summed E-state index contributed by atoms with van der Waals surface area (Å²) >= 11 is 6.29. The van der Waals surface area contributed by atoms with Gasteiger partial charge in [0.15, 0.2) is 0 Å². The van der Waals surface area contributed by atoms with Gasteiger partial charge in [-0.15, -0.1) is 12.4 Å². The number of ether oxygens (including phenoxy) is 2. The maximum atomic E-state index is 6.29. The summed E-state index contributed by atoms with van der Waals surface area (Å²) in [5, 5.41) is 4.05. The molecular formula is C12H15Cl2NO2. The van der Waals surface area contributed by atoms with Crippen molar-refractivity contribution in [2.45, 2.75) is 18.6 Å². The van der Waals surface area contributed by atoms with Gasteiger partial charge in [0.05, 0.1) is 24.8 Å². The number of halogens is 2. The van der Waals surface area contributed by atoms with E-state index >= 15 is 0 Å². The number of methoxy groups -OCH3 is 1. The van der Waals surface area contributed by atoms with E-state index in [-0.39, 0.29) is 12.4 Å². The Balaban J connectivity index is 0.00000108. The van der Waals surface area contributed by atoms with E-state index in [9.17, 15) is 0 Å². The Morgan fingerprint density at radius 1 is 1.41 bits per heavy atom. The first-order valence-corrected chi connectivity index (χ1v) is 5.86. The van der Waals surface area contributed by atoms with Gasteiger partial charge in [0.2, 0.25) is 0 Å². The van der Waals surface area contributed by atoms with Gasteiger partial charge in [-0.3, -0.25) is 0 Å². The van der Waals surface area contributed by atoms with Crippen LogP contribution in [0.15, 0.2) is 12.1 Å². The Hall–Kier alpha value is -0.480. The van der Waals surface area contributed by atoms with Gasteiger partial charge in [0.25, 0.3) is 0 Å². The molecule has 0 radical (unpaired) electrons. The zero-order valence-electron chi connectivity index (χ0n) is 9.53. The summed E-state index contributed by atoms with van der Waals surface area (Å²) in [7, 11) is 1.64. The van der Waals surface area contributed by atoms with Crippen molar-refractivity contribution in [1.82, 2.24) is 5.32 Å². The highest BCUT2D eigenvalue weighted by Crippen LogP contribution is 2.40. The maximum Gasteiger partial charge on any atom is 0.137 e. The minimum atomic E-state index is 0. The van der Waals surface area contributed by atoms with Crippen molar-refractivity contribution in [1.29, 1.82) is 0 Å². The molecule has 17 heavy (non-hydrogen) atoms. The molecule has 2 aliphatic heterocycles. The third-order valence-corrected chi connectivity index (χ3v) is 3.88. The fourth-order valence-corrected chi connectivity index (χ4v) is 2.90. The van der Waals surface area contributed by atoms with E-state index in [2.05, 4.69) is 11.4 Å². The van der Waals surface area contributed by atoms with Crippen LogP contribution >= 0.6 is 24.0 Å². The lowest BCUT2D eigenvalue weighted by Crippen LogP contribution is -2.27. The van der Waals surface area contributed by atoms with E-state index in [1.54, 1.807) is 7.11 Å². The molecule has 3 rings (SSSR count). The molecule has 0 saturated carbocycles. The average Bonchev–Trinajstić information content (AvgIpc) is 2.77. The van der Waals surface area contributed by atoms with Crippen LogP contribution in [0.3, 0.4) is 0 Å². The molecule has 0 bridgehead atoms. The van der Waals surface area contributed by atoms with Crippen molar-refractivity contribution < 1.29 is 9.47 Å². The summed E-state index contributed by atoms with van der Waals surface area (Å²) in [5.74, 6) is 1.17. The number of rotatable bonds is 1. The smallest absolute Gasteiger partial charge is 0.137 e. The van der Waals surface area contributed by atoms with Crippen molar-refractivity contribution in [3.63, 3.8) is 0 Å². The predicted octanol–water partition coefficient (Wildman–Crippen LogP) is 2.36. The van der Waals surface area contributed by atoms with Crippen LogP contribution in [0.4, 0.5) is 0 Å². The van der Waals surface area contributed by atoms with E-state index < -0.39 is 0 Å². The van der Waals surface area contributed by atoms with Gasteiger partial charge >= 0.3 is 0 Å². The molecule has 1 fully saturated rings. The molecule has 0 spiro atoms. The zero-order valence-corrected chi connectivity index (χ0v) is 11.1. The summed E-state index contributed by atoms with van der Waals surface area (Å²) in [6.07, 6.45) is 0.303. The van der Waals surface area contributed by atoms with Gasteiger partial charge in [-0.25, -0.2) is 0 Å². The van der Waals surface area contributed by atoms with E-state index in [0.717, 1.165) is 24.4 Å². The minimum absolute atomic E-state index is 0. The van der Waals surface area contributed by atoms with Crippen LogP contribution in [0, 0.1) is 0 Å². The Morgan fingerprint density at radius 3 is 3.00 bits per heavy atom. The van der Waals surface area contributed by atoms with Crippen molar-refractivity contribution >= 4 is 24.0 Å². The van der Waals surface area contributed by atoms with Crippen LogP contribution in [0.25, 0.3) is 0 Å². The first-order chi connectivity index (χ1) is 7.81. The second-order valence-electron chi connectivity index (χ2n) is 4.26. The van der Waals surface area contributed by atoms with Crippen LogP contribution in [0.5, 0.6) is 5.75 Å². The van der Waals surface area contributed by atoms with Crippen LogP contribution in [0.1, 0.15) is 17.0 Å². The zero-order chi connectivity index (χ0) is 11.1. The molecule has 3 nitrogen and oxygen atoms in total. The molecule has 0 amide bonds. The first-order valence-electron chi connectivity index (χ1n) is 5.49. The van der Waals surface area contributed by atoms with Crippen LogP contribution in [-0.4, -0.2) is 26.3 Å². The van der Waals surface area contributed by atoms with Gasteiger partial charge in [-0.05, 0) is 11.6 Å². The van der Waals surface area contributed by atoms with Gasteiger partial charge in [-0.1, -0.05) is 17.7 Å². The second-order valence-corrected chi connectivity index (χ2v) is 4.64. The molecule has 2 atom stereocenters. The van der Waals surface area contributed by atoms with Crippen molar-refractivity contribution in [3.05, 3.63) is 28.3 Å². The summed E-state index contributed by atoms with van der Waals surface area (Å²) < 4.78 is 11.0. The molecule has 0 aromatic heterocycles. The van der Waals surface area contributed by atoms with Crippen LogP contribution < -0.4 is 10.1 Å². The summed E-state index contributed by atoms with van der Waals surface area (Å²) in [6, 6.07) is 4.06. The fraction of sp³-hybridized carbons (Fsp3) is 0.500. The monoisotopic (exact) mass is 275 g/mol. The molecule has 1 N–H and O–H groups in total. The third-order valence-electron chi connectivity index (χ3n) is 3.46. The quantitative estimate of drug-likeness (QED) is 0.854. The molecule has 2 heterocycles. The lowest BCUT2D eigenvalue weighted by atomic mass is 9.89. The highest BCUT2D eigenvalue weighted by atomic mass is 35.5. The van der Waals surface area contributed by atoms with Crippen LogP contribution in [0.2, 0.25) is 5.02 Å². The summed E-state index contributed by atoms with van der Waals surface area (Å²) in [5.41, 5.74) is 2.40. The van der Waals surface area contributed by atoms with Crippen molar-refractivity contribution in [3.8, 4) is 5.75 Å². The van der Waals surface area contributed by atoms with Gasteiger partial charge in [0, 0.05) is 24.6 Å². The molecular weight excluding hydrogens is 261 g/mol. The van der Waals surface area contributed by atoms with Gasteiger partial charge in [-0.2, -0.15) is 0 Å². The number of benzene rings is 1. The minimum Gasteiger partial charge on any atom is -0.495 e. The number of hydrogen-bond acceptors (Lipinski definition) is 3. The van der Waals surface area contributed by atoms with Crippen molar-refractivity contribution in [2.75, 3.05) is 20.2 Å². The lowest BCUT2D eigenvalue weighted by Gasteiger charge is -2.29. The molecule has 5 heteroatoms. The fourth-order valence-electron chi connectivity index (χ4n) is 2.60. The third kappa shape index (κ3) is 2.02. The first kappa shape index (κ1) is 13.0. The summed E-state index contributed by atoms with van der Waals surface area (Å²) in [6.45, 7) is 2.50. The Morgan fingerprint density at radius 2 is 2.24 bits per heavy atom. The Bertz CT molecular complexity index is 425.